The van der Waals surface area contributed by atoms with E-state index in [1.807, 2.05) is 0 Å². The number of benzene rings is 2. The quantitative estimate of drug-likeness (QED) is 0.388. The molecule has 2 aromatic carbocycles. The van der Waals surface area contributed by atoms with Crippen molar-refractivity contribution in [3.8, 4) is 17.0 Å². The molecule has 3 aromatic rings. The number of nitro groups is 1. The summed E-state index contributed by atoms with van der Waals surface area (Å²) in [7, 11) is 0. The molecule has 7 nitrogen and oxygen atoms in total. The van der Waals surface area contributed by atoms with Gasteiger partial charge in [0.15, 0.2) is 5.82 Å². The fraction of sp³-hybridized carbons (Fsp3) is 0. The number of phenols is 1. The molecule has 0 radical (unpaired) electrons. The summed E-state index contributed by atoms with van der Waals surface area (Å²) in [6, 6.07) is 14.6. The molecular weight excluding hydrogens is 284 g/mol. The van der Waals surface area contributed by atoms with Crippen LogP contribution in [0.1, 0.15) is 0 Å². The summed E-state index contributed by atoms with van der Waals surface area (Å²) in [5.74, 6) is 0.804. The fourth-order valence-corrected chi connectivity index (χ4v) is 1.99. The number of H-pyrrole nitrogens is 1. The molecule has 0 amide bonds. The minimum atomic E-state index is -0.436. The van der Waals surface area contributed by atoms with Crippen molar-refractivity contribution in [1.82, 2.24) is 10.2 Å². The van der Waals surface area contributed by atoms with Crippen molar-refractivity contribution in [3.05, 3.63) is 64.7 Å². The van der Waals surface area contributed by atoms with E-state index in [0.717, 1.165) is 16.9 Å². The predicted octanol–water partition coefficient (Wildman–Crippen LogP) is 3.43. The number of phenolic OH excluding ortho intramolecular Hbond substituents is 1. The van der Waals surface area contributed by atoms with Crippen LogP contribution in [-0.2, 0) is 0 Å². The second-order valence-electron chi connectivity index (χ2n) is 4.64. The standard InChI is InChI=1S/C15H12N4O3/c20-13-7-3-11(4-8-13)16-15-9-14(17-18-15)10-1-5-12(6-2-10)19(21)22/h1-9,20H,(H2,16,17,18). The van der Waals surface area contributed by atoms with Crippen LogP contribution in [0.2, 0.25) is 0 Å². The van der Waals surface area contributed by atoms with E-state index in [0.29, 0.717) is 5.82 Å². The Morgan fingerprint density at radius 2 is 1.77 bits per heavy atom. The molecule has 0 unspecified atom stereocenters. The van der Waals surface area contributed by atoms with Crippen LogP contribution in [0.3, 0.4) is 0 Å². The highest BCUT2D eigenvalue weighted by molar-refractivity contribution is 5.66. The first-order valence-electron chi connectivity index (χ1n) is 6.48. The van der Waals surface area contributed by atoms with Gasteiger partial charge in [0.1, 0.15) is 5.75 Å². The lowest BCUT2D eigenvalue weighted by molar-refractivity contribution is -0.384. The maximum atomic E-state index is 10.6. The first kappa shape index (κ1) is 13.6. The van der Waals surface area contributed by atoms with E-state index in [4.69, 9.17) is 0 Å². The first-order valence-corrected chi connectivity index (χ1v) is 6.48. The van der Waals surface area contributed by atoms with Crippen molar-refractivity contribution in [3.63, 3.8) is 0 Å². The molecule has 0 aliphatic heterocycles. The van der Waals surface area contributed by atoms with E-state index < -0.39 is 4.92 Å². The monoisotopic (exact) mass is 296 g/mol. The normalized spacial score (nSPS) is 10.4. The zero-order valence-corrected chi connectivity index (χ0v) is 11.4. The summed E-state index contributed by atoms with van der Waals surface area (Å²) < 4.78 is 0. The summed E-state index contributed by atoms with van der Waals surface area (Å²) in [6.45, 7) is 0. The number of nitrogens with zero attached hydrogens (tertiary/aromatic N) is 2. The SMILES string of the molecule is O=[N+]([O-])c1ccc(-c2cc(Nc3ccc(O)cc3)n[nH]2)cc1. The number of anilines is 2. The Labute approximate surface area is 125 Å². The van der Waals surface area contributed by atoms with Gasteiger partial charge in [0.2, 0.25) is 0 Å². The highest BCUT2D eigenvalue weighted by Gasteiger charge is 2.07. The van der Waals surface area contributed by atoms with Gasteiger partial charge in [0.05, 0.1) is 10.6 Å². The van der Waals surface area contributed by atoms with Gasteiger partial charge in [-0.25, -0.2) is 0 Å². The van der Waals surface area contributed by atoms with Crippen molar-refractivity contribution in [2.75, 3.05) is 5.32 Å². The molecule has 3 N–H and O–H groups in total. The smallest absolute Gasteiger partial charge is 0.269 e. The second kappa shape index (κ2) is 5.57. The van der Waals surface area contributed by atoms with Crippen LogP contribution in [0, 0.1) is 10.1 Å². The first-order chi connectivity index (χ1) is 10.6. The van der Waals surface area contributed by atoms with E-state index in [1.165, 1.54) is 12.1 Å². The summed E-state index contributed by atoms with van der Waals surface area (Å²) >= 11 is 0. The van der Waals surface area contributed by atoms with Crippen molar-refractivity contribution in [1.29, 1.82) is 0 Å². The molecular formula is C15H12N4O3. The van der Waals surface area contributed by atoms with Crippen LogP contribution in [0.25, 0.3) is 11.3 Å². The van der Waals surface area contributed by atoms with Crippen LogP contribution in [0.4, 0.5) is 17.2 Å². The molecule has 0 bridgehead atoms. The molecule has 22 heavy (non-hydrogen) atoms. The topological polar surface area (TPSA) is 104 Å². The lowest BCUT2D eigenvalue weighted by Crippen LogP contribution is -1.89. The van der Waals surface area contributed by atoms with Crippen molar-refractivity contribution >= 4 is 17.2 Å². The Hall–Kier alpha value is -3.35. The average Bonchev–Trinajstić information content (AvgIpc) is 2.98. The van der Waals surface area contributed by atoms with E-state index in [9.17, 15) is 15.2 Å². The van der Waals surface area contributed by atoms with Gasteiger partial charge in [-0.15, -0.1) is 0 Å². The third-order valence-electron chi connectivity index (χ3n) is 3.11. The second-order valence-corrected chi connectivity index (χ2v) is 4.64. The van der Waals surface area contributed by atoms with Crippen LogP contribution in [0.5, 0.6) is 5.75 Å². The van der Waals surface area contributed by atoms with E-state index >= 15 is 0 Å². The summed E-state index contributed by atoms with van der Waals surface area (Å²) in [5.41, 5.74) is 2.39. The number of hydrogen-bond donors (Lipinski definition) is 3. The summed E-state index contributed by atoms with van der Waals surface area (Å²) in [4.78, 5) is 10.2. The summed E-state index contributed by atoms with van der Waals surface area (Å²) in [6.07, 6.45) is 0. The zero-order valence-electron chi connectivity index (χ0n) is 11.4. The van der Waals surface area contributed by atoms with Crippen LogP contribution < -0.4 is 5.32 Å². The number of nitro benzene ring substituents is 1. The van der Waals surface area contributed by atoms with Crippen molar-refractivity contribution in [2.45, 2.75) is 0 Å². The zero-order chi connectivity index (χ0) is 15.5. The highest BCUT2D eigenvalue weighted by Crippen LogP contribution is 2.24. The average molecular weight is 296 g/mol. The Bertz CT molecular complexity index is 794. The molecule has 0 aliphatic carbocycles. The van der Waals surface area contributed by atoms with Gasteiger partial charge in [-0.2, -0.15) is 5.10 Å². The van der Waals surface area contributed by atoms with E-state index in [1.54, 1.807) is 42.5 Å². The lowest BCUT2D eigenvalue weighted by atomic mass is 10.1. The molecule has 110 valence electrons. The van der Waals surface area contributed by atoms with Crippen LogP contribution in [-0.4, -0.2) is 20.2 Å². The number of rotatable bonds is 4. The molecule has 0 spiro atoms. The summed E-state index contributed by atoms with van der Waals surface area (Å²) in [5, 5.41) is 30.0. The maximum absolute atomic E-state index is 10.6. The third-order valence-corrected chi connectivity index (χ3v) is 3.11. The molecule has 0 saturated heterocycles. The largest absolute Gasteiger partial charge is 0.508 e. The van der Waals surface area contributed by atoms with Gasteiger partial charge in [-0.1, -0.05) is 0 Å². The minimum Gasteiger partial charge on any atom is -0.508 e. The molecule has 0 saturated carbocycles. The van der Waals surface area contributed by atoms with Gasteiger partial charge in [0.25, 0.3) is 5.69 Å². The van der Waals surface area contributed by atoms with Crippen molar-refractivity contribution in [2.24, 2.45) is 0 Å². The van der Waals surface area contributed by atoms with Gasteiger partial charge < -0.3 is 10.4 Å². The number of nitrogens with one attached hydrogen (secondary N) is 2. The van der Waals surface area contributed by atoms with Gasteiger partial charge in [0, 0.05) is 29.4 Å². The molecule has 3 rings (SSSR count). The molecule has 1 aromatic heterocycles. The minimum absolute atomic E-state index is 0.0470. The molecule has 1 heterocycles. The molecule has 0 aliphatic rings. The number of aromatic amines is 1. The number of aromatic hydroxyl groups is 1. The Morgan fingerprint density at radius 1 is 1.09 bits per heavy atom. The lowest BCUT2D eigenvalue weighted by Gasteiger charge is -2.01. The molecule has 0 atom stereocenters. The number of aromatic nitrogens is 2. The van der Waals surface area contributed by atoms with Gasteiger partial charge in [-0.05, 0) is 36.4 Å². The van der Waals surface area contributed by atoms with E-state index in [2.05, 4.69) is 15.5 Å². The van der Waals surface area contributed by atoms with Crippen LogP contribution in [0.15, 0.2) is 54.6 Å². The third kappa shape index (κ3) is 2.88. The number of non-ortho nitro benzene ring substituents is 1. The predicted molar refractivity (Wildman–Crippen MR) is 82.1 cm³/mol. The van der Waals surface area contributed by atoms with Gasteiger partial charge in [-0.3, -0.25) is 15.2 Å². The number of hydrogen-bond acceptors (Lipinski definition) is 5. The Morgan fingerprint density at radius 3 is 2.41 bits per heavy atom. The Balaban J connectivity index is 1.78. The van der Waals surface area contributed by atoms with E-state index in [-0.39, 0.29) is 11.4 Å². The molecule has 0 fully saturated rings. The Kier molecular flexibility index (Phi) is 3.45. The highest BCUT2D eigenvalue weighted by atomic mass is 16.6. The molecule has 7 heteroatoms. The van der Waals surface area contributed by atoms with Gasteiger partial charge >= 0.3 is 0 Å². The van der Waals surface area contributed by atoms with Crippen molar-refractivity contribution < 1.29 is 10.0 Å². The fourth-order valence-electron chi connectivity index (χ4n) is 1.99. The maximum Gasteiger partial charge on any atom is 0.269 e. The van der Waals surface area contributed by atoms with Crippen LogP contribution >= 0.6 is 0 Å².